The summed E-state index contributed by atoms with van der Waals surface area (Å²) in [5.41, 5.74) is 1.04. The van der Waals surface area contributed by atoms with Gasteiger partial charge in [-0.05, 0) is 43.4 Å². The first-order valence-electron chi connectivity index (χ1n) is 9.60. The van der Waals surface area contributed by atoms with Gasteiger partial charge in [-0.3, -0.25) is 19.3 Å². The number of carbonyl (C=O) groups excluding carboxylic acids is 2. The van der Waals surface area contributed by atoms with Gasteiger partial charge in [-0.15, -0.1) is 5.10 Å². The van der Waals surface area contributed by atoms with E-state index in [2.05, 4.69) is 25.9 Å². The van der Waals surface area contributed by atoms with Crippen molar-refractivity contribution < 1.29 is 14.7 Å². The average Bonchev–Trinajstić information content (AvgIpc) is 3.34. The molecule has 1 aliphatic carbocycles. The van der Waals surface area contributed by atoms with Crippen molar-refractivity contribution in [2.75, 3.05) is 6.54 Å². The maximum Gasteiger partial charge on any atom is 0.223 e. The van der Waals surface area contributed by atoms with Gasteiger partial charge in [-0.1, -0.05) is 5.21 Å². The van der Waals surface area contributed by atoms with E-state index in [9.17, 15) is 14.7 Å². The molecule has 150 valence electrons. The predicted molar refractivity (Wildman–Crippen MR) is 101 cm³/mol. The molecular formula is C19H26N6O3. The molecule has 3 rings (SSSR count). The van der Waals surface area contributed by atoms with Crippen LogP contribution in [0.4, 0.5) is 0 Å². The lowest BCUT2D eigenvalue weighted by molar-refractivity contribution is -0.125. The smallest absolute Gasteiger partial charge is 0.223 e. The van der Waals surface area contributed by atoms with Crippen LogP contribution in [0.15, 0.2) is 36.9 Å². The summed E-state index contributed by atoms with van der Waals surface area (Å²) in [5, 5.41) is 23.6. The minimum Gasteiger partial charge on any atom is -0.391 e. The van der Waals surface area contributed by atoms with E-state index in [1.807, 2.05) is 12.1 Å². The number of carbonyl (C=O) groups is 2. The second-order valence-corrected chi connectivity index (χ2v) is 7.08. The summed E-state index contributed by atoms with van der Waals surface area (Å²) in [5.74, 6) is -0.479. The molecule has 1 saturated carbocycles. The molecule has 9 nitrogen and oxygen atoms in total. The lowest BCUT2D eigenvalue weighted by Gasteiger charge is -2.16. The molecule has 0 unspecified atom stereocenters. The van der Waals surface area contributed by atoms with Crippen LogP contribution in [-0.4, -0.2) is 55.6 Å². The van der Waals surface area contributed by atoms with E-state index in [0.717, 1.165) is 12.0 Å². The number of hydrogen-bond donors (Lipinski definition) is 3. The maximum absolute atomic E-state index is 12.3. The first kappa shape index (κ1) is 19.9. The van der Waals surface area contributed by atoms with Gasteiger partial charge in [-0.2, -0.15) is 0 Å². The number of nitrogens with zero attached hydrogens (tertiary/aromatic N) is 4. The Balaban J connectivity index is 1.35. The molecule has 9 heteroatoms. The molecular weight excluding hydrogens is 360 g/mol. The number of rotatable bonds is 9. The highest BCUT2D eigenvalue weighted by atomic mass is 16.3. The Labute approximate surface area is 163 Å². The van der Waals surface area contributed by atoms with E-state index in [-0.39, 0.29) is 23.8 Å². The fraction of sp³-hybridized carbons (Fsp3) is 0.526. The van der Waals surface area contributed by atoms with E-state index in [1.54, 1.807) is 29.5 Å². The molecule has 0 aliphatic heterocycles. The third kappa shape index (κ3) is 5.85. The van der Waals surface area contributed by atoms with Crippen molar-refractivity contribution in [3.63, 3.8) is 0 Å². The number of aliphatic hydroxyl groups excluding tert-OH is 1. The van der Waals surface area contributed by atoms with Crippen LogP contribution in [0, 0.1) is 5.92 Å². The standard InChI is InChI=1S/C19H26N6O3/c26-17-13-15(19(28)21-6-1-10-25-11-9-22-24-25)12-16(17)23-18(27)3-2-14-4-7-20-8-5-14/h4-5,7-9,11,15-17,26H,1-3,6,10,12-13H2,(H,21,28)(H,23,27)/t15-,16+,17+/m0/s1. The molecule has 2 heterocycles. The number of hydrogen-bond acceptors (Lipinski definition) is 6. The average molecular weight is 386 g/mol. The van der Waals surface area contributed by atoms with Gasteiger partial charge in [0.05, 0.1) is 18.3 Å². The molecule has 3 N–H and O–H groups in total. The van der Waals surface area contributed by atoms with Crippen LogP contribution in [0.25, 0.3) is 0 Å². The second kappa shape index (κ2) is 9.93. The van der Waals surface area contributed by atoms with E-state index in [0.29, 0.717) is 38.8 Å². The topological polar surface area (TPSA) is 122 Å². The first-order valence-corrected chi connectivity index (χ1v) is 9.60. The van der Waals surface area contributed by atoms with Gasteiger partial charge in [0.25, 0.3) is 0 Å². The predicted octanol–water partition coefficient (Wildman–Crippen LogP) is 0.0679. The van der Waals surface area contributed by atoms with Crippen molar-refractivity contribution in [2.24, 2.45) is 5.92 Å². The van der Waals surface area contributed by atoms with E-state index >= 15 is 0 Å². The van der Waals surface area contributed by atoms with Crippen molar-refractivity contribution in [3.05, 3.63) is 42.5 Å². The molecule has 2 aromatic rings. The Kier molecular flexibility index (Phi) is 7.07. The lowest BCUT2D eigenvalue weighted by atomic mass is 10.1. The van der Waals surface area contributed by atoms with Gasteiger partial charge in [0, 0.05) is 44.0 Å². The number of amides is 2. The zero-order chi connectivity index (χ0) is 19.8. The molecule has 0 aromatic carbocycles. The molecule has 2 aromatic heterocycles. The Morgan fingerprint density at radius 1 is 1.21 bits per heavy atom. The summed E-state index contributed by atoms with van der Waals surface area (Å²) in [7, 11) is 0. The maximum atomic E-state index is 12.3. The highest BCUT2D eigenvalue weighted by Crippen LogP contribution is 2.26. The third-order valence-corrected chi connectivity index (χ3v) is 4.97. The minimum atomic E-state index is -0.698. The van der Waals surface area contributed by atoms with Gasteiger partial charge in [-0.25, -0.2) is 0 Å². The van der Waals surface area contributed by atoms with Gasteiger partial charge < -0.3 is 15.7 Å². The molecule has 3 atom stereocenters. The quantitative estimate of drug-likeness (QED) is 0.524. The Morgan fingerprint density at radius 3 is 2.79 bits per heavy atom. The molecule has 1 aliphatic rings. The van der Waals surface area contributed by atoms with Gasteiger partial charge >= 0.3 is 0 Å². The molecule has 0 spiro atoms. The summed E-state index contributed by atoms with van der Waals surface area (Å²) < 4.78 is 1.71. The largest absolute Gasteiger partial charge is 0.391 e. The van der Waals surface area contributed by atoms with Gasteiger partial charge in [0.2, 0.25) is 11.8 Å². The normalized spacial score (nSPS) is 21.4. The molecule has 28 heavy (non-hydrogen) atoms. The van der Waals surface area contributed by atoms with Crippen molar-refractivity contribution in [1.82, 2.24) is 30.6 Å². The lowest BCUT2D eigenvalue weighted by Crippen LogP contribution is -2.40. The first-order chi connectivity index (χ1) is 13.6. The minimum absolute atomic E-state index is 0.0776. The summed E-state index contributed by atoms with van der Waals surface area (Å²) in [6.45, 7) is 1.22. The zero-order valence-electron chi connectivity index (χ0n) is 15.7. The summed E-state index contributed by atoms with van der Waals surface area (Å²) >= 11 is 0. The fourth-order valence-corrected chi connectivity index (χ4v) is 3.42. The van der Waals surface area contributed by atoms with E-state index in [1.165, 1.54) is 0 Å². The Bertz CT molecular complexity index is 752. The third-order valence-electron chi connectivity index (χ3n) is 4.97. The molecule has 0 saturated heterocycles. The molecule has 0 bridgehead atoms. The number of aromatic nitrogens is 4. The molecule has 0 radical (unpaired) electrons. The van der Waals surface area contributed by atoms with Crippen LogP contribution in [0.2, 0.25) is 0 Å². The zero-order valence-corrected chi connectivity index (χ0v) is 15.7. The Morgan fingerprint density at radius 2 is 2.04 bits per heavy atom. The Hall–Kier alpha value is -2.81. The van der Waals surface area contributed by atoms with Crippen LogP contribution < -0.4 is 10.6 Å². The van der Waals surface area contributed by atoms with Crippen LogP contribution in [0.1, 0.15) is 31.2 Å². The fourth-order valence-electron chi connectivity index (χ4n) is 3.42. The van der Waals surface area contributed by atoms with Crippen LogP contribution >= 0.6 is 0 Å². The van der Waals surface area contributed by atoms with Crippen LogP contribution in [0.5, 0.6) is 0 Å². The number of pyridine rings is 1. The number of aliphatic hydroxyl groups is 1. The summed E-state index contributed by atoms with van der Waals surface area (Å²) in [4.78, 5) is 28.4. The highest BCUT2D eigenvalue weighted by Gasteiger charge is 2.37. The monoisotopic (exact) mass is 386 g/mol. The summed E-state index contributed by atoms with van der Waals surface area (Å²) in [6, 6.07) is 3.37. The van der Waals surface area contributed by atoms with Gasteiger partial charge in [0.15, 0.2) is 0 Å². The van der Waals surface area contributed by atoms with Crippen molar-refractivity contribution >= 4 is 11.8 Å². The highest BCUT2D eigenvalue weighted by molar-refractivity contribution is 5.80. The second-order valence-electron chi connectivity index (χ2n) is 7.08. The molecule has 2 amide bonds. The van der Waals surface area contributed by atoms with Crippen molar-refractivity contribution in [1.29, 1.82) is 0 Å². The molecule has 1 fully saturated rings. The van der Waals surface area contributed by atoms with Crippen LogP contribution in [-0.2, 0) is 22.6 Å². The number of aryl methyl sites for hydroxylation is 2. The summed E-state index contributed by atoms with van der Waals surface area (Å²) in [6.07, 6.45) is 8.61. The van der Waals surface area contributed by atoms with Crippen LogP contribution in [0.3, 0.4) is 0 Å². The SMILES string of the molecule is O=C(CCc1ccncc1)N[C@@H]1C[C@H](C(=O)NCCCn2ccnn2)C[C@H]1O. The van der Waals surface area contributed by atoms with Crippen molar-refractivity contribution in [2.45, 2.75) is 50.8 Å². The number of nitrogens with one attached hydrogen (secondary N) is 2. The van der Waals surface area contributed by atoms with Crippen molar-refractivity contribution in [3.8, 4) is 0 Å². The van der Waals surface area contributed by atoms with E-state index in [4.69, 9.17) is 0 Å². The van der Waals surface area contributed by atoms with E-state index < -0.39 is 6.10 Å². The van der Waals surface area contributed by atoms with Gasteiger partial charge in [0.1, 0.15) is 0 Å².